The van der Waals surface area contributed by atoms with Crippen molar-refractivity contribution < 1.29 is 13.2 Å². The summed E-state index contributed by atoms with van der Waals surface area (Å²) < 4.78 is 32.7. The number of alkyl halides is 2. The van der Waals surface area contributed by atoms with Crippen LogP contribution in [-0.4, -0.2) is 32.2 Å². The van der Waals surface area contributed by atoms with Gasteiger partial charge in [-0.2, -0.15) is 0 Å². The van der Waals surface area contributed by atoms with Crippen LogP contribution in [0.5, 0.6) is 5.75 Å². The van der Waals surface area contributed by atoms with Crippen molar-refractivity contribution in [3.05, 3.63) is 59.1 Å². The van der Waals surface area contributed by atoms with Crippen molar-refractivity contribution in [1.82, 2.24) is 0 Å². The Morgan fingerprint density at radius 3 is 2.36 bits per heavy atom. The fourth-order valence-electron chi connectivity index (χ4n) is 2.25. The number of benzene rings is 2. The average molecular weight is 512 g/mol. The Bertz CT molecular complexity index is 800. The summed E-state index contributed by atoms with van der Waals surface area (Å²) in [6.07, 6.45) is 0. The standard InChI is InChI=1S/C17H18Br2ClNO3S/c1-24-16-8-6-15(7-9-16)21(11-14(19)10-18)25(22,23)12-13-4-2-3-5-17(13)20/h2-9,14H,10-12H2,1H3. The highest BCUT2D eigenvalue weighted by Crippen LogP contribution is 2.27. The highest BCUT2D eigenvalue weighted by molar-refractivity contribution is 9.12. The fraction of sp³-hybridized carbons (Fsp3) is 0.294. The fourth-order valence-corrected chi connectivity index (χ4v) is 4.87. The molecule has 136 valence electrons. The third kappa shape index (κ3) is 5.61. The van der Waals surface area contributed by atoms with E-state index in [1.807, 2.05) is 0 Å². The van der Waals surface area contributed by atoms with E-state index >= 15 is 0 Å². The lowest BCUT2D eigenvalue weighted by Gasteiger charge is -2.26. The predicted molar refractivity (Wildman–Crippen MR) is 111 cm³/mol. The summed E-state index contributed by atoms with van der Waals surface area (Å²) in [5, 5.41) is 1.07. The molecule has 0 aromatic heterocycles. The topological polar surface area (TPSA) is 46.6 Å². The van der Waals surface area contributed by atoms with Gasteiger partial charge in [-0.25, -0.2) is 8.42 Å². The number of ether oxygens (including phenoxy) is 1. The maximum atomic E-state index is 13.1. The van der Waals surface area contributed by atoms with E-state index in [-0.39, 0.29) is 10.6 Å². The molecule has 0 radical (unpaired) electrons. The second-order valence-corrected chi connectivity index (χ2v) is 9.57. The summed E-state index contributed by atoms with van der Waals surface area (Å²) in [5.74, 6) is 0.504. The zero-order valence-corrected chi connectivity index (χ0v) is 18.3. The lowest BCUT2D eigenvalue weighted by atomic mass is 10.2. The van der Waals surface area contributed by atoms with Crippen molar-refractivity contribution >= 4 is 59.2 Å². The number of methoxy groups -OCH3 is 1. The first kappa shape index (κ1) is 20.6. The molecule has 1 atom stereocenters. The van der Waals surface area contributed by atoms with E-state index in [0.29, 0.717) is 33.9 Å². The van der Waals surface area contributed by atoms with Crippen LogP contribution in [0, 0.1) is 0 Å². The van der Waals surface area contributed by atoms with E-state index in [9.17, 15) is 8.42 Å². The molecule has 2 aromatic rings. The van der Waals surface area contributed by atoms with Gasteiger partial charge in [0.2, 0.25) is 10.0 Å². The van der Waals surface area contributed by atoms with Crippen LogP contribution in [0.15, 0.2) is 48.5 Å². The summed E-state index contributed by atoms with van der Waals surface area (Å²) in [6, 6.07) is 13.9. The Morgan fingerprint density at radius 1 is 1.16 bits per heavy atom. The molecule has 0 fully saturated rings. The summed E-state index contributed by atoms with van der Waals surface area (Å²) in [4.78, 5) is -0.0318. The summed E-state index contributed by atoms with van der Waals surface area (Å²) in [6.45, 7) is 0.296. The van der Waals surface area contributed by atoms with Gasteiger partial charge in [0.25, 0.3) is 0 Å². The molecule has 0 spiro atoms. The minimum atomic E-state index is -3.62. The molecular weight excluding hydrogens is 494 g/mol. The molecule has 0 saturated carbocycles. The van der Waals surface area contributed by atoms with Gasteiger partial charge in [-0.3, -0.25) is 4.31 Å². The van der Waals surface area contributed by atoms with Crippen molar-refractivity contribution in [2.75, 3.05) is 23.3 Å². The Morgan fingerprint density at radius 2 is 1.80 bits per heavy atom. The van der Waals surface area contributed by atoms with E-state index in [1.54, 1.807) is 55.6 Å². The molecule has 2 rings (SSSR count). The summed E-state index contributed by atoms with van der Waals surface area (Å²) >= 11 is 13.0. The number of sulfonamides is 1. The van der Waals surface area contributed by atoms with Crippen molar-refractivity contribution in [2.24, 2.45) is 0 Å². The van der Waals surface area contributed by atoms with Crippen LogP contribution >= 0.6 is 43.5 Å². The molecule has 0 saturated heterocycles. The number of halogens is 3. The quantitative estimate of drug-likeness (QED) is 0.477. The average Bonchev–Trinajstić information content (AvgIpc) is 2.61. The summed E-state index contributed by atoms with van der Waals surface area (Å²) in [7, 11) is -2.05. The highest BCUT2D eigenvalue weighted by atomic mass is 79.9. The van der Waals surface area contributed by atoms with Gasteiger partial charge in [0.1, 0.15) is 5.75 Å². The number of nitrogens with zero attached hydrogens (tertiary/aromatic N) is 1. The third-order valence-electron chi connectivity index (χ3n) is 3.52. The van der Waals surface area contributed by atoms with Crippen molar-refractivity contribution in [3.8, 4) is 5.75 Å². The zero-order chi connectivity index (χ0) is 18.4. The molecule has 1 unspecified atom stereocenters. The van der Waals surface area contributed by atoms with Gasteiger partial charge in [-0.1, -0.05) is 61.7 Å². The highest BCUT2D eigenvalue weighted by Gasteiger charge is 2.26. The van der Waals surface area contributed by atoms with Gasteiger partial charge < -0.3 is 4.74 Å². The summed E-state index contributed by atoms with van der Waals surface area (Å²) in [5.41, 5.74) is 1.16. The third-order valence-corrected chi connectivity index (χ3v) is 7.86. The molecule has 2 aromatic carbocycles. The van der Waals surface area contributed by atoms with E-state index in [1.165, 1.54) is 4.31 Å². The molecular formula is C17H18Br2ClNO3S. The van der Waals surface area contributed by atoms with Crippen LogP contribution in [0.2, 0.25) is 5.02 Å². The molecule has 0 aliphatic rings. The number of rotatable bonds is 8. The van der Waals surface area contributed by atoms with Crippen molar-refractivity contribution in [3.63, 3.8) is 0 Å². The molecule has 0 amide bonds. The van der Waals surface area contributed by atoms with Crippen LogP contribution in [0.3, 0.4) is 0 Å². The molecule has 4 nitrogen and oxygen atoms in total. The van der Waals surface area contributed by atoms with Crippen LogP contribution in [-0.2, 0) is 15.8 Å². The van der Waals surface area contributed by atoms with Gasteiger partial charge in [-0.15, -0.1) is 0 Å². The minimum Gasteiger partial charge on any atom is -0.497 e. The minimum absolute atomic E-state index is 0.0318. The molecule has 0 N–H and O–H groups in total. The maximum absolute atomic E-state index is 13.1. The first-order valence-corrected chi connectivity index (χ1v) is 11.5. The first-order chi connectivity index (χ1) is 11.9. The Labute approximate surface area is 170 Å². The smallest absolute Gasteiger partial charge is 0.239 e. The van der Waals surface area contributed by atoms with Gasteiger partial charge in [0.05, 0.1) is 18.6 Å². The van der Waals surface area contributed by atoms with Crippen molar-refractivity contribution in [1.29, 1.82) is 0 Å². The predicted octanol–water partition coefficient (Wildman–Crippen LogP) is 4.84. The lowest BCUT2D eigenvalue weighted by Crippen LogP contribution is -2.37. The van der Waals surface area contributed by atoms with Crippen LogP contribution < -0.4 is 9.04 Å². The Kier molecular flexibility index (Phi) is 7.61. The van der Waals surface area contributed by atoms with E-state index in [0.717, 1.165) is 0 Å². The van der Waals surface area contributed by atoms with Gasteiger partial charge in [-0.05, 0) is 35.9 Å². The van der Waals surface area contributed by atoms with Crippen molar-refractivity contribution in [2.45, 2.75) is 10.6 Å². The first-order valence-electron chi connectivity index (χ1n) is 7.45. The zero-order valence-electron chi connectivity index (χ0n) is 13.5. The normalized spacial score (nSPS) is 12.6. The molecule has 8 heteroatoms. The van der Waals surface area contributed by atoms with E-state index < -0.39 is 10.0 Å². The second-order valence-electron chi connectivity index (χ2n) is 5.33. The van der Waals surface area contributed by atoms with E-state index in [4.69, 9.17) is 16.3 Å². The van der Waals surface area contributed by atoms with Gasteiger partial charge in [0, 0.05) is 21.7 Å². The van der Waals surface area contributed by atoms with Gasteiger partial charge >= 0.3 is 0 Å². The number of hydrogen-bond acceptors (Lipinski definition) is 3. The van der Waals surface area contributed by atoms with Crippen LogP contribution in [0.1, 0.15) is 5.56 Å². The molecule has 0 aliphatic heterocycles. The second kappa shape index (κ2) is 9.26. The molecule has 0 heterocycles. The largest absolute Gasteiger partial charge is 0.497 e. The SMILES string of the molecule is COc1ccc(N(CC(Br)CBr)S(=O)(=O)Cc2ccccc2Cl)cc1. The monoisotopic (exact) mass is 509 g/mol. The Hall–Kier alpha value is -0.760. The van der Waals surface area contributed by atoms with Crippen LogP contribution in [0.4, 0.5) is 5.69 Å². The molecule has 25 heavy (non-hydrogen) atoms. The lowest BCUT2D eigenvalue weighted by molar-refractivity contribution is 0.415. The van der Waals surface area contributed by atoms with E-state index in [2.05, 4.69) is 31.9 Å². The van der Waals surface area contributed by atoms with Crippen LogP contribution in [0.25, 0.3) is 0 Å². The molecule has 0 bridgehead atoms. The maximum Gasteiger partial charge on any atom is 0.239 e. The number of hydrogen-bond donors (Lipinski definition) is 0. The number of anilines is 1. The Balaban J connectivity index is 2.37. The molecule has 0 aliphatic carbocycles. The van der Waals surface area contributed by atoms with Gasteiger partial charge in [0.15, 0.2) is 0 Å².